The zero-order chi connectivity index (χ0) is 19.0. The first-order valence-corrected chi connectivity index (χ1v) is 11.5. The molecule has 1 aromatic carbocycles. The second-order valence-electron chi connectivity index (χ2n) is 6.56. The van der Waals surface area contributed by atoms with Gasteiger partial charge in [0.25, 0.3) is 5.56 Å². The van der Waals surface area contributed by atoms with E-state index in [4.69, 9.17) is 11.6 Å². The van der Waals surface area contributed by atoms with Crippen LogP contribution in [0.1, 0.15) is 30.2 Å². The number of aromatic nitrogens is 2. The Bertz CT molecular complexity index is 1070. The van der Waals surface area contributed by atoms with Crippen molar-refractivity contribution in [2.75, 3.05) is 5.75 Å². The molecule has 0 fully saturated rings. The summed E-state index contributed by atoms with van der Waals surface area (Å²) in [6.45, 7) is 2.17. The van der Waals surface area contributed by atoms with Crippen molar-refractivity contribution in [2.45, 2.75) is 36.8 Å². The van der Waals surface area contributed by atoms with Crippen molar-refractivity contribution in [2.24, 2.45) is 0 Å². The van der Waals surface area contributed by atoms with Crippen LogP contribution in [0.2, 0.25) is 5.02 Å². The van der Waals surface area contributed by atoms with E-state index in [2.05, 4.69) is 18.1 Å². The molecule has 0 bridgehead atoms. The monoisotopic (exact) mass is 418 g/mol. The topological polar surface area (TPSA) is 52.0 Å². The first-order valence-electron chi connectivity index (χ1n) is 8.97. The highest BCUT2D eigenvalue weighted by Crippen LogP contribution is 2.38. The average Bonchev–Trinajstić information content (AvgIpc) is 3.04. The lowest BCUT2D eigenvalue weighted by atomic mass is 10.1. The molecular formula is C20H19ClN2O2S2. The van der Waals surface area contributed by atoms with Gasteiger partial charge >= 0.3 is 0 Å². The zero-order valence-electron chi connectivity index (χ0n) is 14.9. The maximum Gasteiger partial charge on any atom is 0.271 e. The number of hydrogen-bond donors (Lipinski definition) is 0. The standard InChI is InChI=1S/C20H19ClN2O2S2/c1-2-3-4-16-12-17-19-13(9-10-27(25)20(17)26-16)11-18(24)23(22-19)15-7-5-14(21)6-8-15/h5-8,11-12H,2-4,9-10H2,1H3. The lowest BCUT2D eigenvalue weighted by molar-refractivity contribution is 0.684. The number of nitrogens with zero attached hydrogens (tertiary/aromatic N) is 2. The molecule has 140 valence electrons. The Kier molecular flexibility index (Phi) is 5.30. The molecule has 3 heterocycles. The Hall–Kier alpha value is -1.76. The van der Waals surface area contributed by atoms with Crippen molar-refractivity contribution in [3.8, 4) is 16.9 Å². The molecule has 1 aliphatic heterocycles. The summed E-state index contributed by atoms with van der Waals surface area (Å²) in [5.74, 6) is 0.528. The molecule has 4 rings (SSSR count). The number of unbranched alkanes of at least 4 members (excludes halogenated alkanes) is 1. The van der Waals surface area contributed by atoms with Crippen molar-refractivity contribution in [1.82, 2.24) is 9.78 Å². The molecule has 0 N–H and O–H groups in total. The van der Waals surface area contributed by atoms with Crippen LogP contribution in [0.5, 0.6) is 0 Å². The van der Waals surface area contributed by atoms with Gasteiger partial charge in [0.1, 0.15) is 4.21 Å². The summed E-state index contributed by atoms with van der Waals surface area (Å²) in [7, 11) is -1.05. The molecule has 0 aliphatic carbocycles. The van der Waals surface area contributed by atoms with Gasteiger partial charge < -0.3 is 0 Å². The predicted octanol–water partition coefficient (Wildman–Crippen LogP) is 4.62. The number of thiophene rings is 1. The van der Waals surface area contributed by atoms with Crippen LogP contribution in [0.3, 0.4) is 0 Å². The third kappa shape index (κ3) is 3.66. The highest BCUT2D eigenvalue weighted by atomic mass is 35.5. The van der Waals surface area contributed by atoms with Crippen LogP contribution >= 0.6 is 22.9 Å². The second kappa shape index (κ2) is 7.70. The molecule has 0 amide bonds. The van der Waals surface area contributed by atoms with Crippen molar-refractivity contribution >= 4 is 33.7 Å². The number of aryl methyl sites for hydroxylation is 2. The minimum atomic E-state index is -1.05. The van der Waals surface area contributed by atoms with Gasteiger partial charge in [0.05, 0.1) is 22.2 Å². The van der Waals surface area contributed by atoms with Gasteiger partial charge in [-0.15, -0.1) is 11.3 Å². The van der Waals surface area contributed by atoms with E-state index in [1.807, 2.05) is 0 Å². The fourth-order valence-corrected chi connectivity index (χ4v) is 6.19. The van der Waals surface area contributed by atoms with Crippen LogP contribution < -0.4 is 5.56 Å². The summed E-state index contributed by atoms with van der Waals surface area (Å²) >= 11 is 7.59. The Morgan fingerprint density at radius 3 is 2.78 bits per heavy atom. The first-order chi connectivity index (χ1) is 13.1. The number of halogens is 1. The lowest BCUT2D eigenvalue weighted by Gasteiger charge is -2.10. The van der Waals surface area contributed by atoms with Crippen LogP contribution in [0, 0.1) is 0 Å². The number of hydrogen-bond acceptors (Lipinski definition) is 4. The second-order valence-corrected chi connectivity index (χ2v) is 9.90. The minimum Gasteiger partial charge on any atom is -0.267 e. The summed E-state index contributed by atoms with van der Waals surface area (Å²) in [5, 5.41) is 5.28. The minimum absolute atomic E-state index is 0.188. The molecule has 0 saturated carbocycles. The molecule has 3 aromatic rings. The molecule has 4 nitrogen and oxygen atoms in total. The highest BCUT2D eigenvalue weighted by molar-refractivity contribution is 7.87. The van der Waals surface area contributed by atoms with Gasteiger partial charge in [-0.05, 0) is 55.2 Å². The van der Waals surface area contributed by atoms with Gasteiger partial charge in [-0.2, -0.15) is 9.78 Å². The van der Waals surface area contributed by atoms with Gasteiger partial charge in [0.15, 0.2) is 0 Å². The lowest BCUT2D eigenvalue weighted by Crippen LogP contribution is -2.22. The molecular weight excluding hydrogens is 400 g/mol. The average molecular weight is 419 g/mol. The van der Waals surface area contributed by atoms with E-state index < -0.39 is 10.8 Å². The van der Waals surface area contributed by atoms with Crippen LogP contribution in [-0.2, 0) is 23.6 Å². The van der Waals surface area contributed by atoms with Crippen LogP contribution in [0.15, 0.2) is 45.4 Å². The summed E-state index contributed by atoms with van der Waals surface area (Å²) in [4.78, 5) is 13.9. The molecule has 2 aromatic heterocycles. The van der Waals surface area contributed by atoms with E-state index in [1.54, 1.807) is 41.7 Å². The molecule has 1 atom stereocenters. The molecule has 1 aliphatic rings. The third-order valence-electron chi connectivity index (χ3n) is 4.63. The van der Waals surface area contributed by atoms with Crippen molar-refractivity contribution < 1.29 is 4.21 Å². The molecule has 7 heteroatoms. The summed E-state index contributed by atoms with van der Waals surface area (Å²) in [6.07, 6.45) is 3.81. The normalized spacial score (nSPS) is 15.9. The van der Waals surface area contributed by atoms with Crippen molar-refractivity contribution in [1.29, 1.82) is 0 Å². The Labute approximate surface area is 169 Å². The van der Waals surface area contributed by atoms with Crippen LogP contribution in [-0.4, -0.2) is 19.7 Å². The summed E-state index contributed by atoms with van der Waals surface area (Å²) in [5.41, 5.74) is 3.04. The maximum absolute atomic E-state index is 12.7. The third-order valence-corrected chi connectivity index (χ3v) is 7.88. The van der Waals surface area contributed by atoms with Gasteiger partial charge in [-0.1, -0.05) is 24.9 Å². The van der Waals surface area contributed by atoms with Crippen molar-refractivity contribution in [3.05, 3.63) is 62.2 Å². The van der Waals surface area contributed by atoms with Crippen LogP contribution in [0.4, 0.5) is 0 Å². The Morgan fingerprint density at radius 1 is 1.26 bits per heavy atom. The van der Waals surface area contributed by atoms with Gasteiger partial charge in [-0.25, -0.2) is 0 Å². The molecule has 1 unspecified atom stereocenters. The van der Waals surface area contributed by atoms with Crippen molar-refractivity contribution in [3.63, 3.8) is 0 Å². The number of fused-ring (bicyclic) bond motifs is 3. The smallest absolute Gasteiger partial charge is 0.267 e. The molecule has 0 radical (unpaired) electrons. The van der Waals surface area contributed by atoms with Gasteiger partial charge in [0, 0.05) is 27.3 Å². The van der Waals surface area contributed by atoms with Gasteiger partial charge in [0.2, 0.25) is 0 Å². The quantitative estimate of drug-likeness (QED) is 0.621. The van der Waals surface area contributed by atoms with Crippen LogP contribution in [0.25, 0.3) is 16.9 Å². The predicted molar refractivity (Wildman–Crippen MR) is 112 cm³/mol. The van der Waals surface area contributed by atoms with E-state index >= 15 is 0 Å². The molecule has 0 saturated heterocycles. The van der Waals surface area contributed by atoms with Gasteiger partial charge in [-0.3, -0.25) is 9.00 Å². The van der Waals surface area contributed by atoms with E-state index in [-0.39, 0.29) is 5.56 Å². The van der Waals surface area contributed by atoms with E-state index in [9.17, 15) is 9.00 Å². The van der Waals surface area contributed by atoms with E-state index in [0.29, 0.717) is 22.9 Å². The first kappa shape index (κ1) is 18.6. The Balaban J connectivity index is 1.87. The molecule has 0 spiro atoms. The van der Waals surface area contributed by atoms with E-state index in [0.717, 1.165) is 40.3 Å². The SMILES string of the molecule is CCCCc1cc2c(s1)S(=O)CCc1cc(=O)n(-c3ccc(Cl)cc3)nc1-2. The zero-order valence-corrected chi connectivity index (χ0v) is 17.3. The summed E-state index contributed by atoms with van der Waals surface area (Å²) in [6, 6.07) is 10.8. The van der Waals surface area contributed by atoms with E-state index in [1.165, 1.54) is 9.56 Å². The highest BCUT2D eigenvalue weighted by Gasteiger charge is 2.25. The largest absolute Gasteiger partial charge is 0.271 e. The summed E-state index contributed by atoms with van der Waals surface area (Å²) < 4.78 is 15.0. The number of benzene rings is 1. The number of rotatable bonds is 4. The maximum atomic E-state index is 12.7. The Morgan fingerprint density at radius 2 is 2.04 bits per heavy atom. The molecule has 27 heavy (non-hydrogen) atoms. The fraction of sp³-hybridized carbons (Fsp3) is 0.300. The fourth-order valence-electron chi connectivity index (χ4n) is 3.20.